The molecule has 7 heteroatoms. The molecule has 0 saturated carbocycles. The minimum Gasteiger partial charge on any atom is -0.468 e. The maximum absolute atomic E-state index is 13.1. The van der Waals surface area contributed by atoms with Crippen LogP contribution in [0.4, 0.5) is 5.69 Å². The average molecular weight is 402 g/mol. The molecule has 130 valence electrons. The predicted octanol–water partition coefficient (Wildman–Crippen LogP) is 5.21. The number of imide groups is 1. The summed E-state index contributed by atoms with van der Waals surface area (Å²) in [5, 5.41) is 2.44. The molecule has 3 heterocycles. The fourth-order valence-electron chi connectivity index (χ4n) is 2.64. The maximum Gasteiger partial charge on any atom is 0.272 e. The van der Waals surface area contributed by atoms with Gasteiger partial charge >= 0.3 is 0 Å². The Morgan fingerprint density at radius 1 is 1.04 bits per heavy atom. The van der Waals surface area contributed by atoms with Crippen molar-refractivity contribution in [1.29, 1.82) is 0 Å². The van der Waals surface area contributed by atoms with E-state index in [1.807, 2.05) is 23.6 Å². The Hall–Kier alpha value is -2.28. The van der Waals surface area contributed by atoms with E-state index < -0.39 is 0 Å². The molecule has 0 fully saturated rings. The second kappa shape index (κ2) is 7.15. The Morgan fingerprint density at radius 3 is 2.50 bits per heavy atom. The molecule has 1 aliphatic heterocycles. The van der Waals surface area contributed by atoms with E-state index in [2.05, 4.69) is 0 Å². The maximum atomic E-state index is 13.1. The summed E-state index contributed by atoms with van der Waals surface area (Å²) < 4.78 is 5.34. The molecule has 0 atom stereocenters. The number of rotatable bonds is 5. The van der Waals surface area contributed by atoms with Crippen molar-refractivity contribution < 1.29 is 14.0 Å². The smallest absolute Gasteiger partial charge is 0.272 e. The largest absolute Gasteiger partial charge is 0.468 e. The van der Waals surface area contributed by atoms with E-state index in [1.54, 1.807) is 36.6 Å². The van der Waals surface area contributed by atoms with E-state index in [0.29, 0.717) is 26.9 Å². The van der Waals surface area contributed by atoms with E-state index >= 15 is 0 Å². The molecule has 0 aliphatic carbocycles. The summed E-state index contributed by atoms with van der Waals surface area (Å²) in [6, 6.07) is 14.0. The number of thiophene rings is 1. The summed E-state index contributed by atoms with van der Waals surface area (Å²) in [6.45, 7) is 0. The van der Waals surface area contributed by atoms with Crippen molar-refractivity contribution in [2.24, 2.45) is 0 Å². The first-order valence-corrected chi connectivity index (χ1v) is 9.97. The molecular formula is C19H12ClNO3S2. The van der Waals surface area contributed by atoms with Crippen molar-refractivity contribution in [3.8, 4) is 0 Å². The van der Waals surface area contributed by atoms with Gasteiger partial charge in [0.25, 0.3) is 11.8 Å². The summed E-state index contributed by atoms with van der Waals surface area (Å²) in [5.41, 5.74) is 0.948. The van der Waals surface area contributed by atoms with Gasteiger partial charge in [0.15, 0.2) is 0 Å². The first-order chi connectivity index (χ1) is 12.6. The standard InChI is InChI=1S/C19H12ClNO3S2/c20-12-5-7-13(8-6-12)21-18(22)16(15-4-2-10-25-15)17(19(21)23)26-11-14-3-1-9-24-14/h1-10H,11H2. The van der Waals surface area contributed by atoms with Gasteiger partial charge in [0.05, 0.1) is 28.2 Å². The van der Waals surface area contributed by atoms with Gasteiger partial charge in [-0.05, 0) is 47.8 Å². The van der Waals surface area contributed by atoms with Crippen LogP contribution in [0.3, 0.4) is 0 Å². The fraction of sp³-hybridized carbons (Fsp3) is 0.0526. The SMILES string of the molecule is O=C1C(SCc2ccco2)=C(c2cccs2)C(=O)N1c1ccc(Cl)cc1. The number of amides is 2. The van der Waals surface area contributed by atoms with Crippen molar-refractivity contribution in [1.82, 2.24) is 0 Å². The third-order valence-corrected chi connectivity index (χ3v) is 6.07. The van der Waals surface area contributed by atoms with Crippen LogP contribution in [0, 0.1) is 0 Å². The predicted molar refractivity (Wildman–Crippen MR) is 105 cm³/mol. The summed E-state index contributed by atoms with van der Waals surface area (Å²) in [4.78, 5) is 28.5. The first-order valence-electron chi connectivity index (χ1n) is 7.73. The number of carbonyl (C=O) groups excluding carboxylic acids is 2. The number of benzene rings is 1. The number of furan rings is 1. The fourth-order valence-corrected chi connectivity index (χ4v) is 4.61. The second-order valence-corrected chi connectivity index (χ2v) is 7.84. The van der Waals surface area contributed by atoms with Crippen LogP contribution in [0.5, 0.6) is 0 Å². The van der Waals surface area contributed by atoms with E-state index in [-0.39, 0.29) is 11.8 Å². The summed E-state index contributed by atoms with van der Waals surface area (Å²) in [5.74, 6) is 0.585. The molecule has 0 N–H and O–H groups in total. The number of thioether (sulfide) groups is 1. The molecule has 4 nitrogen and oxygen atoms in total. The molecule has 1 aromatic carbocycles. The molecule has 0 radical (unpaired) electrons. The van der Waals surface area contributed by atoms with Crippen molar-refractivity contribution in [2.45, 2.75) is 5.75 Å². The lowest BCUT2D eigenvalue weighted by Crippen LogP contribution is -2.31. The quantitative estimate of drug-likeness (QED) is 0.550. The van der Waals surface area contributed by atoms with Crippen LogP contribution < -0.4 is 4.90 Å². The highest BCUT2D eigenvalue weighted by Crippen LogP contribution is 2.40. The molecule has 1 aliphatic rings. The average Bonchev–Trinajstić information content (AvgIpc) is 3.36. The number of hydrogen-bond donors (Lipinski definition) is 0. The molecule has 0 bridgehead atoms. The Kier molecular flexibility index (Phi) is 4.72. The van der Waals surface area contributed by atoms with Crippen LogP contribution in [0.25, 0.3) is 5.57 Å². The molecule has 0 unspecified atom stereocenters. The molecule has 3 aromatic rings. The van der Waals surface area contributed by atoms with Gasteiger partial charge in [-0.1, -0.05) is 17.7 Å². The molecule has 0 saturated heterocycles. The van der Waals surface area contributed by atoms with Crippen molar-refractivity contribution in [3.63, 3.8) is 0 Å². The van der Waals surface area contributed by atoms with Crippen LogP contribution in [-0.2, 0) is 15.3 Å². The van der Waals surface area contributed by atoms with Gasteiger partial charge in [0.1, 0.15) is 5.76 Å². The normalized spacial score (nSPS) is 14.6. The number of hydrogen-bond acceptors (Lipinski definition) is 5. The van der Waals surface area contributed by atoms with Crippen molar-refractivity contribution in [2.75, 3.05) is 4.90 Å². The van der Waals surface area contributed by atoms with Crippen LogP contribution >= 0.6 is 34.7 Å². The minimum absolute atomic E-state index is 0.318. The topological polar surface area (TPSA) is 50.5 Å². The van der Waals surface area contributed by atoms with Gasteiger partial charge in [0.2, 0.25) is 0 Å². The summed E-state index contributed by atoms with van der Waals surface area (Å²) in [6.07, 6.45) is 1.59. The molecule has 2 aromatic heterocycles. The van der Waals surface area contributed by atoms with E-state index in [1.165, 1.54) is 28.0 Å². The van der Waals surface area contributed by atoms with E-state index in [4.69, 9.17) is 16.0 Å². The molecular weight excluding hydrogens is 390 g/mol. The number of anilines is 1. The zero-order chi connectivity index (χ0) is 18.1. The van der Waals surface area contributed by atoms with Gasteiger partial charge in [-0.25, -0.2) is 4.90 Å². The lowest BCUT2D eigenvalue weighted by atomic mass is 10.2. The lowest BCUT2D eigenvalue weighted by Gasteiger charge is -2.15. The van der Waals surface area contributed by atoms with Crippen LogP contribution in [0.15, 0.2) is 69.5 Å². The Balaban J connectivity index is 1.71. The summed E-state index contributed by atoms with van der Waals surface area (Å²) >= 11 is 8.68. The Labute approximate surface area is 163 Å². The summed E-state index contributed by atoms with van der Waals surface area (Å²) in [7, 11) is 0. The molecule has 4 rings (SSSR count). The Morgan fingerprint density at radius 2 is 1.85 bits per heavy atom. The van der Waals surface area contributed by atoms with Gasteiger partial charge in [0, 0.05) is 9.90 Å². The zero-order valence-corrected chi connectivity index (χ0v) is 15.7. The minimum atomic E-state index is -0.322. The highest BCUT2D eigenvalue weighted by Gasteiger charge is 2.40. The highest BCUT2D eigenvalue weighted by molar-refractivity contribution is 8.03. The third-order valence-electron chi connectivity index (χ3n) is 3.83. The highest BCUT2D eigenvalue weighted by atomic mass is 35.5. The number of carbonyl (C=O) groups is 2. The van der Waals surface area contributed by atoms with Gasteiger partial charge in [-0.15, -0.1) is 23.1 Å². The second-order valence-electron chi connectivity index (χ2n) is 5.47. The lowest BCUT2D eigenvalue weighted by molar-refractivity contribution is -0.119. The van der Waals surface area contributed by atoms with Gasteiger partial charge < -0.3 is 4.42 Å². The zero-order valence-electron chi connectivity index (χ0n) is 13.3. The number of halogens is 1. The van der Waals surface area contributed by atoms with Crippen LogP contribution in [0.1, 0.15) is 10.6 Å². The molecule has 26 heavy (non-hydrogen) atoms. The van der Waals surface area contributed by atoms with Crippen molar-refractivity contribution >= 4 is 57.8 Å². The van der Waals surface area contributed by atoms with E-state index in [0.717, 1.165) is 10.6 Å². The third kappa shape index (κ3) is 3.11. The van der Waals surface area contributed by atoms with Crippen LogP contribution in [-0.4, -0.2) is 11.8 Å². The van der Waals surface area contributed by atoms with Crippen LogP contribution in [0.2, 0.25) is 5.02 Å². The van der Waals surface area contributed by atoms with Crippen molar-refractivity contribution in [3.05, 3.63) is 80.7 Å². The van der Waals surface area contributed by atoms with E-state index in [9.17, 15) is 9.59 Å². The molecule has 2 amide bonds. The van der Waals surface area contributed by atoms with Gasteiger partial charge in [-0.3, -0.25) is 9.59 Å². The first kappa shape index (κ1) is 17.1. The Bertz CT molecular complexity index is 976. The monoisotopic (exact) mass is 401 g/mol. The van der Waals surface area contributed by atoms with Gasteiger partial charge in [-0.2, -0.15) is 0 Å². The molecule has 0 spiro atoms. The number of nitrogens with zero attached hydrogens (tertiary/aromatic N) is 1.